The van der Waals surface area contributed by atoms with Crippen molar-refractivity contribution in [3.63, 3.8) is 0 Å². The van der Waals surface area contributed by atoms with Crippen LogP contribution in [0.15, 0.2) is 72.8 Å². The molecule has 3 aromatic rings. The van der Waals surface area contributed by atoms with Crippen LogP contribution < -0.4 is 0 Å². The van der Waals surface area contributed by atoms with Gasteiger partial charge in [0.1, 0.15) is 12.6 Å². The maximum atomic E-state index is 12.8. The Labute approximate surface area is 194 Å². The molecule has 1 N–H and O–H groups in total. The summed E-state index contributed by atoms with van der Waals surface area (Å²) in [6, 6.07) is 18.6. The minimum Gasteiger partial charge on any atom is -0.480 e. The molecule has 8 heteroatoms. The largest absolute Gasteiger partial charge is 0.480 e. The molecule has 0 spiro atoms. The summed E-state index contributed by atoms with van der Waals surface area (Å²) in [7, 11) is 1.31. The molecular weight excluding hydrogens is 447 g/mol. The third-order valence-corrected chi connectivity index (χ3v) is 6.09. The summed E-state index contributed by atoms with van der Waals surface area (Å²) in [6.07, 6.45) is -5.46. The Bertz CT molecular complexity index is 1160. The Kier molecular flexibility index (Phi) is 6.32. The molecule has 3 aromatic carbocycles. The molecule has 1 aliphatic carbocycles. The fourth-order valence-corrected chi connectivity index (χ4v) is 4.27. The van der Waals surface area contributed by atoms with E-state index in [0.29, 0.717) is 5.56 Å². The fourth-order valence-electron chi connectivity index (χ4n) is 4.27. The zero-order chi connectivity index (χ0) is 24.5. The van der Waals surface area contributed by atoms with E-state index in [-0.39, 0.29) is 18.9 Å². The Balaban J connectivity index is 1.45. The highest BCUT2D eigenvalue weighted by molar-refractivity contribution is 5.81. The Morgan fingerprint density at radius 2 is 1.47 bits per heavy atom. The first-order valence-corrected chi connectivity index (χ1v) is 10.6. The van der Waals surface area contributed by atoms with Crippen molar-refractivity contribution in [1.82, 2.24) is 4.90 Å². The van der Waals surface area contributed by atoms with Crippen LogP contribution in [0, 0.1) is 0 Å². The van der Waals surface area contributed by atoms with E-state index >= 15 is 0 Å². The second-order valence-electron chi connectivity index (χ2n) is 8.17. The van der Waals surface area contributed by atoms with Crippen molar-refractivity contribution in [3.8, 4) is 11.1 Å². The number of likely N-dealkylation sites (N-methyl/N-ethyl adjacent to an activating group) is 1. The van der Waals surface area contributed by atoms with Gasteiger partial charge in [0.2, 0.25) is 0 Å². The van der Waals surface area contributed by atoms with E-state index < -0.39 is 29.8 Å². The van der Waals surface area contributed by atoms with Gasteiger partial charge < -0.3 is 9.84 Å². The topological polar surface area (TPSA) is 66.8 Å². The summed E-state index contributed by atoms with van der Waals surface area (Å²) >= 11 is 0. The fraction of sp³-hybridized carbons (Fsp3) is 0.231. The monoisotopic (exact) mass is 469 g/mol. The van der Waals surface area contributed by atoms with Crippen LogP contribution in [0.1, 0.15) is 28.2 Å². The zero-order valence-electron chi connectivity index (χ0n) is 18.3. The third-order valence-electron chi connectivity index (χ3n) is 6.09. The van der Waals surface area contributed by atoms with Crippen LogP contribution >= 0.6 is 0 Å². The lowest BCUT2D eigenvalue weighted by Gasteiger charge is -2.25. The van der Waals surface area contributed by atoms with E-state index in [0.717, 1.165) is 39.3 Å². The molecule has 34 heavy (non-hydrogen) atoms. The van der Waals surface area contributed by atoms with Crippen LogP contribution in [0.4, 0.5) is 18.0 Å². The number of rotatable bonds is 6. The highest BCUT2D eigenvalue weighted by Gasteiger charge is 2.33. The minimum absolute atomic E-state index is 0.0316. The van der Waals surface area contributed by atoms with E-state index in [4.69, 9.17) is 4.74 Å². The predicted molar refractivity (Wildman–Crippen MR) is 119 cm³/mol. The normalized spacial score (nSPS) is 13.6. The number of halogens is 3. The first-order valence-electron chi connectivity index (χ1n) is 10.6. The third kappa shape index (κ3) is 4.62. The molecule has 4 rings (SSSR count). The number of aliphatic carboxylic acids is 1. The molecule has 0 saturated carbocycles. The van der Waals surface area contributed by atoms with Gasteiger partial charge in [-0.2, -0.15) is 13.2 Å². The molecule has 1 atom stereocenters. The van der Waals surface area contributed by atoms with Crippen LogP contribution in [0.2, 0.25) is 0 Å². The van der Waals surface area contributed by atoms with E-state index in [2.05, 4.69) is 0 Å². The van der Waals surface area contributed by atoms with Crippen LogP contribution in [-0.2, 0) is 22.1 Å². The van der Waals surface area contributed by atoms with Gasteiger partial charge in [0.25, 0.3) is 0 Å². The zero-order valence-corrected chi connectivity index (χ0v) is 18.3. The van der Waals surface area contributed by atoms with Crippen molar-refractivity contribution in [2.75, 3.05) is 13.7 Å². The maximum Gasteiger partial charge on any atom is 0.416 e. The van der Waals surface area contributed by atoms with Crippen LogP contribution in [0.5, 0.6) is 0 Å². The lowest BCUT2D eigenvalue weighted by molar-refractivity contribution is -0.142. The molecule has 0 aliphatic heterocycles. The Morgan fingerprint density at radius 1 is 0.941 bits per heavy atom. The van der Waals surface area contributed by atoms with Gasteiger partial charge in [-0.1, -0.05) is 60.7 Å². The van der Waals surface area contributed by atoms with Gasteiger partial charge >= 0.3 is 18.2 Å². The van der Waals surface area contributed by atoms with Crippen LogP contribution in [-0.4, -0.2) is 41.8 Å². The molecule has 5 nitrogen and oxygen atoms in total. The highest BCUT2D eigenvalue weighted by atomic mass is 19.4. The lowest BCUT2D eigenvalue weighted by Crippen LogP contribution is -2.44. The molecule has 0 radical (unpaired) electrons. The van der Waals surface area contributed by atoms with Crippen molar-refractivity contribution < 1.29 is 32.6 Å². The number of carbonyl (C=O) groups is 2. The number of carboxylic acids is 1. The number of hydrogen-bond acceptors (Lipinski definition) is 3. The molecule has 0 saturated heterocycles. The summed E-state index contributed by atoms with van der Waals surface area (Å²) in [4.78, 5) is 25.5. The Hall–Kier alpha value is -3.81. The summed E-state index contributed by atoms with van der Waals surface area (Å²) in [5, 5.41) is 9.65. The molecule has 0 heterocycles. The van der Waals surface area contributed by atoms with Crippen molar-refractivity contribution in [3.05, 3.63) is 95.1 Å². The second kappa shape index (κ2) is 9.21. The van der Waals surface area contributed by atoms with Gasteiger partial charge in [-0.3, -0.25) is 4.90 Å². The van der Waals surface area contributed by atoms with Gasteiger partial charge in [-0.25, -0.2) is 9.59 Å². The van der Waals surface area contributed by atoms with Gasteiger partial charge in [0, 0.05) is 19.4 Å². The van der Waals surface area contributed by atoms with Gasteiger partial charge in [0.15, 0.2) is 0 Å². The number of amides is 1. The smallest absolute Gasteiger partial charge is 0.416 e. The second-order valence-corrected chi connectivity index (χ2v) is 8.17. The summed E-state index contributed by atoms with van der Waals surface area (Å²) < 4.78 is 43.8. The number of carboxylic acid groups (broad SMARTS) is 1. The molecular formula is C26H22F3NO4. The summed E-state index contributed by atoms with van der Waals surface area (Å²) in [5.74, 6) is -1.46. The average molecular weight is 469 g/mol. The van der Waals surface area contributed by atoms with Crippen molar-refractivity contribution in [2.45, 2.75) is 24.6 Å². The van der Waals surface area contributed by atoms with E-state index in [1.807, 2.05) is 48.5 Å². The van der Waals surface area contributed by atoms with E-state index in [1.54, 1.807) is 0 Å². The first kappa shape index (κ1) is 23.4. The van der Waals surface area contributed by atoms with E-state index in [1.165, 1.54) is 19.2 Å². The Morgan fingerprint density at radius 3 is 1.97 bits per heavy atom. The quantitative estimate of drug-likeness (QED) is 0.512. The van der Waals surface area contributed by atoms with Gasteiger partial charge in [-0.05, 0) is 39.9 Å². The van der Waals surface area contributed by atoms with Crippen molar-refractivity contribution >= 4 is 12.1 Å². The van der Waals surface area contributed by atoms with Crippen LogP contribution in [0.25, 0.3) is 11.1 Å². The molecule has 0 bridgehead atoms. The van der Waals surface area contributed by atoms with Crippen molar-refractivity contribution in [2.24, 2.45) is 0 Å². The summed E-state index contributed by atoms with van der Waals surface area (Å²) in [6.45, 7) is 0.0316. The number of nitrogens with zero attached hydrogens (tertiary/aromatic N) is 1. The minimum atomic E-state index is -4.48. The molecule has 1 aliphatic rings. The number of fused-ring (bicyclic) bond motifs is 3. The van der Waals surface area contributed by atoms with E-state index in [9.17, 15) is 27.9 Å². The standard InChI is InChI=1S/C26H22F3NO4/c1-30(23(24(31)32)14-16-10-12-17(13-11-16)26(27,28)29)25(33)34-15-22-20-8-4-2-6-18(20)19-7-3-5-9-21(19)22/h2-13,22-23H,14-15H2,1H3,(H,31,32)/t23-/m1/s1. The SMILES string of the molecule is CN(C(=O)OCC1c2ccccc2-c2ccccc21)[C@H](Cc1ccc(C(F)(F)F)cc1)C(=O)O. The van der Waals surface area contributed by atoms with Gasteiger partial charge in [0.05, 0.1) is 5.56 Å². The molecule has 0 fully saturated rings. The average Bonchev–Trinajstić information content (AvgIpc) is 3.14. The van der Waals surface area contributed by atoms with Crippen molar-refractivity contribution in [1.29, 1.82) is 0 Å². The number of ether oxygens (including phenoxy) is 1. The molecule has 176 valence electrons. The number of hydrogen-bond donors (Lipinski definition) is 1. The number of carbonyl (C=O) groups excluding carboxylic acids is 1. The van der Waals surface area contributed by atoms with Gasteiger partial charge in [-0.15, -0.1) is 0 Å². The molecule has 0 unspecified atom stereocenters. The maximum absolute atomic E-state index is 12.8. The predicted octanol–water partition coefficient (Wildman–Crippen LogP) is 5.58. The summed E-state index contributed by atoms with van der Waals surface area (Å²) in [5.41, 5.74) is 3.72. The number of alkyl halides is 3. The first-order chi connectivity index (χ1) is 16.2. The molecule has 0 aromatic heterocycles. The van der Waals surface area contributed by atoms with Crippen LogP contribution in [0.3, 0.4) is 0 Å². The highest BCUT2D eigenvalue weighted by Crippen LogP contribution is 2.44. The number of benzene rings is 3. The molecule has 1 amide bonds. The lowest BCUT2D eigenvalue weighted by atomic mass is 9.98.